The Morgan fingerprint density at radius 3 is 2.92 bits per heavy atom. The maximum absolute atomic E-state index is 12.9. The molecule has 1 aliphatic rings. The molecule has 7 nitrogen and oxygen atoms in total. The van der Waals surface area contributed by atoms with Crippen molar-refractivity contribution in [3.63, 3.8) is 0 Å². The molecule has 25 heavy (non-hydrogen) atoms. The lowest BCUT2D eigenvalue weighted by atomic mass is 9.96. The van der Waals surface area contributed by atoms with Gasteiger partial charge in [0, 0.05) is 18.7 Å². The molecule has 0 spiro atoms. The van der Waals surface area contributed by atoms with Gasteiger partial charge in [-0.15, -0.1) is 0 Å². The summed E-state index contributed by atoms with van der Waals surface area (Å²) in [7, 11) is 0. The lowest BCUT2D eigenvalue weighted by Gasteiger charge is -2.27. The quantitative estimate of drug-likeness (QED) is 0.864. The number of hydrogen-bond donors (Lipinski definition) is 1. The monoisotopic (exact) mass is 337 g/mol. The van der Waals surface area contributed by atoms with E-state index >= 15 is 0 Å². The van der Waals surface area contributed by atoms with Gasteiger partial charge in [0.1, 0.15) is 11.6 Å². The Morgan fingerprint density at radius 1 is 1.52 bits per heavy atom. The molecule has 1 amide bonds. The van der Waals surface area contributed by atoms with Gasteiger partial charge in [-0.1, -0.05) is 26.5 Å². The summed E-state index contributed by atoms with van der Waals surface area (Å²) in [6.45, 7) is 8.42. The molecule has 0 fully saturated rings. The summed E-state index contributed by atoms with van der Waals surface area (Å²) in [4.78, 5) is 29.7. The summed E-state index contributed by atoms with van der Waals surface area (Å²) in [6, 6.07) is 2.04. The van der Waals surface area contributed by atoms with E-state index in [4.69, 9.17) is 0 Å². The third-order valence-electron chi connectivity index (χ3n) is 4.36. The number of hydrogen-bond acceptors (Lipinski definition) is 4. The topological polar surface area (TPSA) is 94.3 Å². The molecule has 0 aromatic carbocycles. The van der Waals surface area contributed by atoms with Crippen molar-refractivity contribution in [1.82, 2.24) is 19.5 Å². The maximum atomic E-state index is 12.9. The molecule has 2 aromatic rings. The highest BCUT2D eigenvalue weighted by Gasteiger charge is 2.24. The van der Waals surface area contributed by atoms with Crippen LogP contribution in [0.3, 0.4) is 0 Å². The molecule has 0 unspecified atom stereocenters. The van der Waals surface area contributed by atoms with Crippen LogP contribution in [0.4, 0.5) is 0 Å². The predicted molar refractivity (Wildman–Crippen MR) is 94.0 cm³/mol. The zero-order valence-corrected chi connectivity index (χ0v) is 14.2. The van der Waals surface area contributed by atoms with Crippen LogP contribution in [0, 0.1) is 11.3 Å². The summed E-state index contributed by atoms with van der Waals surface area (Å²) >= 11 is 0. The fourth-order valence-electron chi connectivity index (χ4n) is 3.14. The molecule has 0 bridgehead atoms. The molecule has 0 aliphatic carbocycles. The van der Waals surface area contributed by atoms with Crippen LogP contribution in [0.5, 0.6) is 0 Å². The SMILES string of the molecule is C=CC(=O)N1CCC=C(c2[nH]c3c(C#N)cnn3c(=O)c2C(C)C)C1. The molecule has 1 aliphatic heterocycles. The molecule has 0 saturated heterocycles. The number of carbonyl (C=O) groups is 1. The van der Waals surface area contributed by atoms with Gasteiger partial charge >= 0.3 is 0 Å². The minimum atomic E-state index is -0.242. The van der Waals surface area contributed by atoms with Crippen molar-refractivity contribution in [2.24, 2.45) is 0 Å². The number of nitrogens with zero attached hydrogens (tertiary/aromatic N) is 4. The molecule has 0 atom stereocenters. The van der Waals surface area contributed by atoms with Crippen LogP contribution in [0.25, 0.3) is 11.2 Å². The van der Waals surface area contributed by atoms with E-state index in [9.17, 15) is 14.9 Å². The van der Waals surface area contributed by atoms with Crippen molar-refractivity contribution >= 4 is 17.1 Å². The van der Waals surface area contributed by atoms with Crippen LogP contribution in [-0.2, 0) is 4.79 Å². The first-order valence-corrected chi connectivity index (χ1v) is 8.12. The molecular formula is C18H19N5O2. The second-order valence-electron chi connectivity index (χ2n) is 6.29. The average molecular weight is 337 g/mol. The number of H-pyrrole nitrogens is 1. The van der Waals surface area contributed by atoms with Gasteiger partial charge in [-0.25, -0.2) is 0 Å². The van der Waals surface area contributed by atoms with Gasteiger partial charge < -0.3 is 9.88 Å². The Balaban J connectivity index is 2.21. The Labute approximate surface area is 144 Å². The molecule has 7 heteroatoms. The van der Waals surface area contributed by atoms with Crippen LogP contribution in [0.2, 0.25) is 0 Å². The number of rotatable bonds is 3. The van der Waals surface area contributed by atoms with Gasteiger partial charge in [-0.05, 0) is 24.0 Å². The van der Waals surface area contributed by atoms with Gasteiger partial charge in [0.05, 0.1) is 11.9 Å². The highest BCUT2D eigenvalue weighted by atomic mass is 16.2. The Bertz CT molecular complexity index is 987. The first-order chi connectivity index (χ1) is 12.0. The van der Waals surface area contributed by atoms with Gasteiger partial charge in [-0.2, -0.15) is 14.9 Å². The molecule has 1 N–H and O–H groups in total. The van der Waals surface area contributed by atoms with Crippen LogP contribution >= 0.6 is 0 Å². The number of aromatic amines is 1. The zero-order chi connectivity index (χ0) is 18.1. The molecule has 128 valence electrons. The van der Waals surface area contributed by atoms with E-state index in [-0.39, 0.29) is 17.4 Å². The molecule has 0 saturated carbocycles. The van der Waals surface area contributed by atoms with E-state index in [0.29, 0.717) is 42.0 Å². The standard InChI is InChI=1S/C18H19N5O2/c1-4-14(24)22-7-5-6-12(10-22)16-15(11(2)3)18(25)23-17(21-16)13(8-19)9-20-23/h4,6,9,11,21H,1,5,7,10H2,2-3H3. The maximum Gasteiger partial charge on any atom is 0.278 e. The van der Waals surface area contributed by atoms with Gasteiger partial charge in [0.2, 0.25) is 5.91 Å². The lowest BCUT2D eigenvalue weighted by molar-refractivity contribution is -0.125. The van der Waals surface area contributed by atoms with Crippen LogP contribution < -0.4 is 5.56 Å². The Hall–Kier alpha value is -3.14. The second kappa shape index (κ2) is 6.40. The van der Waals surface area contributed by atoms with Crippen molar-refractivity contribution < 1.29 is 4.79 Å². The van der Waals surface area contributed by atoms with E-state index in [0.717, 1.165) is 5.57 Å². The number of fused-ring (bicyclic) bond motifs is 1. The van der Waals surface area contributed by atoms with Crippen molar-refractivity contribution in [3.8, 4) is 6.07 Å². The number of amides is 1. The second-order valence-corrected chi connectivity index (χ2v) is 6.29. The predicted octanol–water partition coefficient (Wildman–Crippen LogP) is 1.82. The van der Waals surface area contributed by atoms with Crippen LogP contribution in [0.1, 0.15) is 43.0 Å². The smallest absolute Gasteiger partial charge is 0.278 e. The lowest BCUT2D eigenvalue weighted by Crippen LogP contribution is -2.35. The van der Waals surface area contributed by atoms with Gasteiger partial charge in [0.25, 0.3) is 5.56 Å². The first-order valence-electron chi connectivity index (χ1n) is 8.12. The Morgan fingerprint density at radius 2 is 2.28 bits per heavy atom. The van der Waals surface area contributed by atoms with E-state index in [2.05, 4.69) is 16.7 Å². The third-order valence-corrected chi connectivity index (χ3v) is 4.36. The largest absolute Gasteiger partial charge is 0.338 e. The van der Waals surface area contributed by atoms with Crippen molar-refractivity contribution in [3.05, 3.63) is 52.1 Å². The number of aromatic nitrogens is 3. The normalized spacial score (nSPS) is 14.5. The van der Waals surface area contributed by atoms with Crippen molar-refractivity contribution in [2.45, 2.75) is 26.2 Å². The molecule has 0 radical (unpaired) electrons. The summed E-state index contributed by atoms with van der Waals surface area (Å²) in [5.41, 5.74) is 2.58. The first kappa shape index (κ1) is 16.7. The number of carbonyl (C=O) groups excluding carboxylic acids is 1. The van der Waals surface area contributed by atoms with Crippen LogP contribution in [-0.4, -0.2) is 38.5 Å². The molecule has 3 heterocycles. The Kier molecular flexibility index (Phi) is 4.28. The minimum Gasteiger partial charge on any atom is -0.338 e. The summed E-state index contributed by atoms with van der Waals surface area (Å²) in [6.07, 6.45) is 5.40. The van der Waals surface area contributed by atoms with Crippen molar-refractivity contribution in [2.75, 3.05) is 13.1 Å². The summed E-state index contributed by atoms with van der Waals surface area (Å²) in [5.74, 6) is -0.175. The summed E-state index contributed by atoms with van der Waals surface area (Å²) in [5, 5.41) is 13.3. The highest BCUT2D eigenvalue weighted by Crippen LogP contribution is 2.26. The minimum absolute atomic E-state index is 0.0377. The fraction of sp³-hybridized carbons (Fsp3) is 0.333. The number of nitrogens with one attached hydrogen (secondary N) is 1. The third kappa shape index (κ3) is 2.76. The number of nitriles is 1. The van der Waals surface area contributed by atoms with Crippen LogP contribution in [0.15, 0.2) is 29.7 Å². The average Bonchev–Trinajstić information content (AvgIpc) is 3.04. The van der Waals surface area contributed by atoms with Gasteiger partial charge in [0.15, 0.2) is 5.65 Å². The van der Waals surface area contributed by atoms with E-state index < -0.39 is 0 Å². The van der Waals surface area contributed by atoms with Crippen molar-refractivity contribution in [1.29, 1.82) is 5.26 Å². The summed E-state index contributed by atoms with van der Waals surface area (Å²) < 4.78 is 1.23. The van der Waals surface area contributed by atoms with E-state index in [1.807, 2.05) is 26.0 Å². The van der Waals surface area contributed by atoms with Gasteiger partial charge in [-0.3, -0.25) is 9.59 Å². The molecule has 2 aromatic heterocycles. The van der Waals surface area contributed by atoms with E-state index in [1.165, 1.54) is 16.8 Å². The van der Waals surface area contributed by atoms with E-state index in [1.54, 1.807) is 4.90 Å². The molecule has 3 rings (SSSR count). The highest BCUT2D eigenvalue weighted by molar-refractivity contribution is 5.89. The fourth-order valence-corrected chi connectivity index (χ4v) is 3.14. The molecular weight excluding hydrogens is 318 g/mol. The zero-order valence-electron chi connectivity index (χ0n) is 14.2.